The molecule has 0 unspecified atom stereocenters. The van der Waals surface area contributed by atoms with Crippen LogP contribution in [0.15, 0.2) is 79.0 Å². The number of hydrogen-bond acceptors (Lipinski definition) is 3. The van der Waals surface area contributed by atoms with Gasteiger partial charge in [-0.25, -0.2) is 4.39 Å². The first-order valence-electron chi connectivity index (χ1n) is 11.6. The number of hydrogen-bond donors (Lipinski definition) is 1. The summed E-state index contributed by atoms with van der Waals surface area (Å²) in [5.74, 6) is -0.252. The van der Waals surface area contributed by atoms with Gasteiger partial charge in [0, 0.05) is 43.1 Å². The number of halogens is 1. The number of aryl methyl sites for hydroxylation is 1. The van der Waals surface area contributed by atoms with Crippen molar-refractivity contribution in [3.8, 4) is 5.69 Å². The van der Waals surface area contributed by atoms with E-state index in [0.717, 1.165) is 34.0 Å². The van der Waals surface area contributed by atoms with Gasteiger partial charge < -0.3 is 19.7 Å². The Bertz CT molecular complexity index is 1360. The SMILES string of the molecule is Cc1cc([C@H]2[C@@H](c3ccccn3)NC(=S)N2c2ccc(N(C)C)cc2)c(C)n1-c1ccccc1F. The van der Waals surface area contributed by atoms with Gasteiger partial charge in [0.1, 0.15) is 5.82 Å². The number of anilines is 2. The topological polar surface area (TPSA) is 36.3 Å². The van der Waals surface area contributed by atoms with Crippen molar-refractivity contribution in [2.75, 3.05) is 23.9 Å². The van der Waals surface area contributed by atoms with Crippen molar-refractivity contribution in [1.29, 1.82) is 0 Å². The van der Waals surface area contributed by atoms with E-state index in [0.29, 0.717) is 10.8 Å². The van der Waals surface area contributed by atoms with Gasteiger partial charge in [-0.3, -0.25) is 4.98 Å². The number of nitrogens with zero attached hydrogens (tertiary/aromatic N) is 4. The lowest BCUT2D eigenvalue weighted by Crippen LogP contribution is -2.29. The molecule has 1 N–H and O–H groups in total. The Morgan fingerprint density at radius 1 is 0.971 bits per heavy atom. The van der Waals surface area contributed by atoms with Crippen LogP contribution >= 0.6 is 12.2 Å². The predicted molar refractivity (Wildman–Crippen MR) is 144 cm³/mol. The minimum atomic E-state index is -0.252. The lowest BCUT2D eigenvalue weighted by molar-refractivity contribution is 0.564. The molecule has 178 valence electrons. The van der Waals surface area contributed by atoms with E-state index in [4.69, 9.17) is 12.2 Å². The van der Waals surface area contributed by atoms with Crippen LogP contribution in [0.1, 0.15) is 34.7 Å². The van der Waals surface area contributed by atoms with E-state index in [1.165, 1.54) is 6.07 Å². The highest BCUT2D eigenvalue weighted by atomic mass is 32.1. The molecule has 4 aromatic rings. The third kappa shape index (κ3) is 4.06. The fourth-order valence-corrected chi connectivity index (χ4v) is 5.30. The molecule has 35 heavy (non-hydrogen) atoms. The lowest BCUT2D eigenvalue weighted by atomic mass is 9.96. The molecule has 5 nitrogen and oxygen atoms in total. The molecule has 1 aliphatic heterocycles. The van der Waals surface area contributed by atoms with Gasteiger partial charge in [-0.2, -0.15) is 0 Å². The summed E-state index contributed by atoms with van der Waals surface area (Å²) in [5.41, 5.74) is 6.56. The zero-order valence-electron chi connectivity index (χ0n) is 20.2. The molecule has 0 amide bonds. The highest BCUT2D eigenvalue weighted by Gasteiger charge is 2.42. The van der Waals surface area contributed by atoms with Gasteiger partial charge in [-0.15, -0.1) is 0 Å². The minimum absolute atomic E-state index is 0.158. The second-order valence-corrected chi connectivity index (χ2v) is 9.41. The summed E-state index contributed by atoms with van der Waals surface area (Å²) >= 11 is 5.87. The first-order valence-corrected chi connectivity index (χ1v) is 12.0. The Hall–Kier alpha value is -3.71. The molecule has 0 aliphatic carbocycles. The zero-order chi connectivity index (χ0) is 24.7. The first-order chi connectivity index (χ1) is 16.9. The van der Waals surface area contributed by atoms with E-state index < -0.39 is 0 Å². The monoisotopic (exact) mass is 485 g/mol. The van der Waals surface area contributed by atoms with Crippen molar-refractivity contribution >= 4 is 28.7 Å². The molecule has 2 aromatic carbocycles. The minimum Gasteiger partial charge on any atom is -0.378 e. The number of para-hydroxylation sites is 1. The van der Waals surface area contributed by atoms with E-state index in [1.54, 1.807) is 12.3 Å². The molecule has 0 spiro atoms. The first kappa shape index (κ1) is 23.1. The largest absolute Gasteiger partial charge is 0.378 e. The Balaban J connectivity index is 1.67. The standard InChI is InChI=1S/C28H28FN5S/c1-18-17-22(19(2)33(18)25-11-6-5-9-23(25)29)27-26(24-10-7-8-16-30-24)31-28(35)34(27)21-14-12-20(13-15-21)32(3)4/h5-17,26-27H,1-4H3,(H,31,35)/t26-,27+/m1/s1. The third-order valence-electron chi connectivity index (χ3n) is 6.62. The van der Waals surface area contributed by atoms with Crippen LogP contribution in [0.2, 0.25) is 0 Å². The zero-order valence-corrected chi connectivity index (χ0v) is 21.1. The maximum atomic E-state index is 14.8. The summed E-state index contributed by atoms with van der Waals surface area (Å²) in [5, 5.41) is 4.15. The Morgan fingerprint density at radius 2 is 1.69 bits per heavy atom. The smallest absolute Gasteiger partial charge is 0.174 e. The number of nitrogens with one attached hydrogen (secondary N) is 1. The summed E-state index contributed by atoms with van der Waals surface area (Å²) in [6, 6.07) is 23.0. The van der Waals surface area contributed by atoms with Crippen molar-refractivity contribution in [2.24, 2.45) is 0 Å². The molecule has 3 heterocycles. The van der Waals surface area contributed by atoms with E-state index in [-0.39, 0.29) is 17.9 Å². The third-order valence-corrected chi connectivity index (χ3v) is 6.94. The molecule has 2 aromatic heterocycles. The van der Waals surface area contributed by atoms with Crippen LogP contribution < -0.4 is 15.1 Å². The summed E-state index contributed by atoms with van der Waals surface area (Å²) in [4.78, 5) is 8.87. The highest BCUT2D eigenvalue weighted by Crippen LogP contribution is 2.44. The van der Waals surface area contributed by atoms with Crippen LogP contribution in [0.25, 0.3) is 5.69 Å². The number of aromatic nitrogens is 2. The Labute approximate surface area is 210 Å². The summed E-state index contributed by atoms with van der Waals surface area (Å²) in [7, 11) is 4.04. The molecule has 0 saturated carbocycles. The molecule has 5 rings (SSSR count). The second-order valence-electron chi connectivity index (χ2n) is 9.02. The molecule has 1 saturated heterocycles. The van der Waals surface area contributed by atoms with Crippen molar-refractivity contribution < 1.29 is 4.39 Å². The van der Waals surface area contributed by atoms with Crippen LogP contribution in [0.4, 0.5) is 15.8 Å². The molecule has 0 bridgehead atoms. The van der Waals surface area contributed by atoms with Gasteiger partial charge in [0.25, 0.3) is 0 Å². The number of benzene rings is 2. The summed E-state index contributed by atoms with van der Waals surface area (Å²) < 4.78 is 16.8. The van der Waals surface area contributed by atoms with Crippen LogP contribution in [0.5, 0.6) is 0 Å². The van der Waals surface area contributed by atoms with Crippen LogP contribution in [-0.4, -0.2) is 28.8 Å². The van der Waals surface area contributed by atoms with Gasteiger partial charge in [0.2, 0.25) is 0 Å². The average molecular weight is 486 g/mol. The van der Waals surface area contributed by atoms with E-state index in [9.17, 15) is 4.39 Å². The molecule has 7 heteroatoms. The molecule has 2 atom stereocenters. The number of rotatable bonds is 5. The van der Waals surface area contributed by atoms with Gasteiger partial charge >= 0.3 is 0 Å². The Morgan fingerprint density at radius 3 is 2.34 bits per heavy atom. The maximum Gasteiger partial charge on any atom is 0.174 e. The van der Waals surface area contributed by atoms with E-state index in [2.05, 4.69) is 50.4 Å². The van der Waals surface area contributed by atoms with Crippen LogP contribution in [-0.2, 0) is 0 Å². The van der Waals surface area contributed by atoms with Gasteiger partial charge in [-0.1, -0.05) is 18.2 Å². The maximum absolute atomic E-state index is 14.8. The molecule has 1 aliphatic rings. The lowest BCUT2D eigenvalue weighted by Gasteiger charge is -2.28. The summed E-state index contributed by atoms with van der Waals surface area (Å²) in [6.07, 6.45) is 1.80. The highest BCUT2D eigenvalue weighted by molar-refractivity contribution is 7.80. The van der Waals surface area contributed by atoms with Crippen molar-refractivity contribution in [1.82, 2.24) is 14.9 Å². The second kappa shape index (κ2) is 9.15. The fraction of sp³-hybridized carbons (Fsp3) is 0.214. The molecule has 1 fully saturated rings. The molecular formula is C28H28FN5S. The van der Waals surface area contributed by atoms with Crippen molar-refractivity contribution in [3.05, 3.63) is 107 Å². The van der Waals surface area contributed by atoms with E-state index in [1.807, 2.05) is 62.8 Å². The molecule has 0 radical (unpaired) electrons. The average Bonchev–Trinajstić information content (AvgIpc) is 3.35. The quantitative estimate of drug-likeness (QED) is 0.358. The Kier molecular flexibility index (Phi) is 6.03. The normalized spacial score (nSPS) is 17.5. The van der Waals surface area contributed by atoms with Gasteiger partial charge in [0.15, 0.2) is 5.11 Å². The summed E-state index contributed by atoms with van der Waals surface area (Å²) in [6.45, 7) is 4.05. The van der Waals surface area contributed by atoms with E-state index >= 15 is 0 Å². The van der Waals surface area contributed by atoms with Crippen LogP contribution in [0.3, 0.4) is 0 Å². The van der Waals surface area contributed by atoms with Crippen molar-refractivity contribution in [2.45, 2.75) is 25.9 Å². The van der Waals surface area contributed by atoms with Crippen LogP contribution in [0, 0.1) is 19.7 Å². The van der Waals surface area contributed by atoms with Gasteiger partial charge in [-0.05, 0) is 86.2 Å². The fourth-order valence-electron chi connectivity index (χ4n) is 4.95. The number of pyridine rings is 1. The van der Waals surface area contributed by atoms with Crippen molar-refractivity contribution in [3.63, 3.8) is 0 Å². The molecular weight excluding hydrogens is 457 g/mol. The predicted octanol–water partition coefficient (Wildman–Crippen LogP) is 5.87. The number of thiocarbonyl (C=S) groups is 1. The van der Waals surface area contributed by atoms with Gasteiger partial charge in [0.05, 0.1) is 23.5 Å².